The molecule has 4 nitrogen and oxygen atoms in total. The van der Waals surface area contributed by atoms with Crippen LogP contribution in [0.4, 0.5) is 8.78 Å². The molecular formula is C14H15F2NO3. The molecule has 0 aromatic heterocycles. The zero-order chi connectivity index (χ0) is 15.0. The molecule has 0 aliphatic rings. The quantitative estimate of drug-likeness (QED) is 0.639. The first-order valence-electron chi connectivity index (χ1n) is 5.98. The number of rotatable bonds is 6. The molecule has 0 heterocycles. The zero-order valence-electron chi connectivity index (χ0n) is 11.0. The van der Waals surface area contributed by atoms with Crippen LogP contribution >= 0.6 is 0 Å². The highest BCUT2D eigenvalue weighted by atomic mass is 19.2. The number of hydrogen-bond acceptors (Lipinski definition) is 3. The third-order valence-corrected chi connectivity index (χ3v) is 2.50. The van der Waals surface area contributed by atoms with E-state index in [1.54, 1.807) is 0 Å². The first-order chi connectivity index (χ1) is 9.52. The molecule has 1 rings (SSSR count). The van der Waals surface area contributed by atoms with Gasteiger partial charge in [-0.1, -0.05) is 12.1 Å². The van der Waals surface area contributed by atoms with Crippen molar-refractivity contribution < 1.29 is 23.1 Å². The molecule has 0 aliphatic heterocycles. The van der Waals surface area contributed by atoms with Crippen LogP contribution in [-0.4, -0.2) is 25.5 Å². The van der Waals surface area contributed by atoms with Gasteiger partial charge in [0.15, 0.2) is 11.6 Å². The second-order valence-electron chi connectivity index (χ2n) is 3.98. The molecule has 1 aromatic carbocycles. The second kappa shape index (κ2) is 8.04. The van der Waals surface area contributed by atoms with E-state index >= 15 is 0 Å². The maximum absolute atomic E-state index is 12.9. The zero-order valence-corrected chi connectivity index (χ0v) is 11.0. The molecule has 20 heavy (non-hydrogen) atoms. The molecule has 1 aromatic rings. The molecule has 0 spiro atoms. The maximum atomic E-state index is 12.9. The van der Waals surface area contributed by atoms with Crippen molar-refractivity contribution in [2.24, 2.45) is 0 Å². The van der Waals surface area contributed by atoms with Gasteiger partial charge in [-0.2, -0.15) is 0 Å². The normalized spacial score (nSPS) is 10.6. The van der Waals surface area contributed by atoms with E-state index in [0.29, 0.717) is 12.0 Å². The van der Waals surface area contributed by atoms with E-state index in [1.165, 1.54) is 25.3 Å². The summed E-state index contributed by atoms with van der Waals surface area (Å²) in [6.45, 7) is 0.200. The van der Waals surface area contributed by atoms with Crippen LogP contribution < -0.4 is 5.32 Å². The van der Waals surface area contributed by atoms with Crippen molar-refractivity contribution >= 4 is 11.9 Å². The van der Waals surface area contributed by atoms with Crippen LogP contribution in [-0.2, 0) is 20.7 Å². The highest BCUT2D eigenvalue weighted by Crippen LogP contribution is 2.10. The third kappa shape index (κ3) is 5.60. The third-order valence-electron chi connectivity index (χ3n) is 2.50. The van der Waals surface area contributed by atoms with Crippen LogP contribution in [0.2, 0.25) is 0 Å². The summed E-state index contributed by atoms with van der Waals surface area (Å²) in [7, 11) is 1.26. The smallest absolute Gasteiger partial charge is 0.330 e. The number of methoxy groups -OCH3 is 1. The van der Waals surface area contributed by atoms with Gasteiger partial charge in [0, 0.05) is 19.0 Å². The Balaban J connectivity index is 2.31. The molecule has 0 radical (unpaired) electrons. The van der Waals surface area contributed by atoms with Gasteiger partial charge >= 0.3 is 5.97 Å². The molecular weight excluding hydrogens is 268 g/mol. The molecule has 0 fully saturated rings. The second-order valence-corrected chi connectivity index (χ2v) is 3.98. The molecule has 1 N–H and O–H groups in total. The van der Waals surface area contributed by atoms with Gasteiger partial charge in [-0.3, -0.25) is 4.79 Å². The van der Waals surface area contributed by atoms with Crippen molar-refractivity contribution in [3.8, 4) is 0 Å². The highest BCUT2D eigenvalue weighted by Gasteiger charge is 2.05. The topological polar surface area (TPSA) is 55.4 Å². The number of aryl methyl sites for hydroxylation is 1. The Morgan fingerprint density at radius 3 is 2.70 bits per heavy atom. The van der Waals surface area contributed by atoms with Crippen LogP contribution in [0.25, 0.3) is 0 Å². The molecule has 0 aliphatic carbocycles. The fourth-order valence-electron chi connectivity index (χ4n) is 1.44. The van der Waals surface area contributed by atoms with Crippen molar-refractivity contribution in [2.75, 3.05) is 13.7 Å². The van der Waals surface area contributed by atoms with Crippen LogP contribution in [0.1, 0.15) is 12.0 Å². The van der Waals surface area contributed by atoms with Crippen molar-refractivity contribution in [1.29, 1.82) is 0 Å². The predicted octanol–water partition coefficient (Wildman–Crippen LogP) is 1.74. The van der Waals surface area contributed by atoms with Crippen molar-refractivity contribution in [1.82, 2.24) is 5.32 Å². The summed E-state index contributed by atoms with van der Waals surface area (Å²) in [5, 5.41) is 2.56. The van der Waals surface area contributed by atoms with Crippen molar-refractivity contribution in [3.63, 3.8) is 0 Å². The summed E-state index contributed by atoms with van der Waals surface area (Å²) >= 11 is 0. The molecule has 0 unspecified atom stereocenters. The Kier molecular flexibility index (Phi) is 6.36. The lowest BCUT2D eigenvalue weighted by Gasteiger charge is -2.03. The minimum atomic E-state index is -0.927. The number of nitrogens with one attached hydrogen (secondary N) is 1. The van der Waals surface area contributed by atoms with E-state index in [9.17, 15) is 18.4 Å². The van der Waals surface area contributed by atoms with Crippen molar-refractivity contribution in [2.45, 2.75) is 12.8 Å². The minimum absolute atomic E-state index is 0.150. The van der Waals surface area contributed by atoms with E-state index in [4.69, 9.17) is 0 Å². The average Bonchev–Trinajstić information content (AvgIpc) is 2.44. The Hall–Kier alpha value is -2.24. The van der Waals surface area contributed by atoms with E-state index < -0.39 is 17.6 Å². The number of hydrogen-bond donors (Lipinski definition) is 1. The summed E-state index contributed by atoms with van der Waals surface area (Å²) in [6, 6.07) is 3.53. The van der Waals surface area contributed by atoms with Gasteiger partial charge in [0.05, 0.1) is 7.11 Å². The van der Waals surface area contributed by atoms with E-state index in [1.807, 2.05) is 0 Å². The number of amides is 1. The number of carbonyl (C=O) groups excluding carboxylic acids is 2. The fraction of sp³-hybridized carbons (Fsp3) is 0.286. The SMILES string of the molecule is COC(=O)/C=C/CNC(=O)CCc1ccc(F)c(F)c1. The number of halogens is 2. The van der Waals surface area contributed by atoms with E-state index in [-0.39, 0.29) is 18.9 Å². The Labute approximate surface area is 115 Å². The molecule has 1 amide bonds. The summed E-state index contributed by atoms with van der Waals surface area (Å²) in [4.78, 5) is 22.2. The molecule has 108 valence electrons. The van der Waals surface area contributed by atoms with Crippen LogP contribution in [0, 0.1) is 11.6 Å². The number of esters is 1. The Bertz CT molecular complexity index is 515. The van der Waals surface area contributed by atoms with Gasteiger partial charge in [0.2, 0.25) is 5.91 Å². The summed E-state index contributed by atoms with van der Waals surface area (Å²) in [6.07, 6.45) is 3.12. The van der Waals surface area contributed by atoms with Crippen LogP contribution in [0.15, 0.2) is 30.4 Å². The van der Waals surface area contributed by atoms with Crippen LogP contribution in [0.3, 0.4) is 0 Å². The molecule has 0 saturated carbocycles. The number of ether oxygens (including phenoxy) is 1. The molecule has 6 heteroatoms. The number of carbonyl (C=O) groups is 2. The lowest BCUT2D eigenvalue weighted by molar-refractivity contribution is -0.134. The lowest BCUT2D eigenvalue weighted by atomic mass is 10.1. The van der Waals surface area contributed by atoms with E-state index in [2.05, 4.69) is 10.1 Å². The fourth-order valence-corrected chi connectivity index (χ4v) is 1.44. The maximum Gasteiger partial charge on any atom is 0.330 e. The van der Waals surface area contributed by atoms with Gasteiger partial charge < -0.3 is 10.1 Å². The van der Waals surface area contributed by atoms with E-state index in [0.717, 1.165) is 12.1 Å². The first kappa shape index (κ1) is 15.8. The molecule has 0 saturated heterocycles. The first-order valence-corrected chi connectivity index (χ1v) is 5.98. The Morgan fingerprint density at radius 2 is 2.05 bits per heavy atom. The predicted molar refractivity (Wildman–Crippen MR) is 68.8 cm³/mol. The van der Waals surface area contributed by atoms with Gasteiger partial charge in [-0.05, 0) is 24.1 Å². The van der Waals surface area contributed by atoms with Gasteiger partial charge in [-0.25, -0.2) is 13.6 Å². The summed E-state index contributed by atoms with van der Waals surface area (Å²) in [5.41, 5.74) is 0.546. The lowest BCUT2D eigenvalue weighted by Crippen LogP contribution is -2.23. The van der Waals surface area contributed by atoms with Crippen LogP contribution in [0.5, 0.6) is 0 Å². The summed E-state index contributed by atoms with van der Waals surface area (Å²) in [5.74, 6) is -2.58. The highest BCUT2D eigenvalue weighted by molar-refractivity contribution is 5.82. The molecule has 0 atom stereocenters. The average molecular weight is 283 g/mol. The Morgan fingerprint density at radius 1 is 1.30 bits per heavy atom. The monoisotopic (exact) mass is 283 g/mol. The largest absolute Gasteiger partial charge is 0.466 e. The minimum Gasteiger partial charge on any atom is -0.466 e. The van der Waals surface area contributed by atoms with Gasteiger partial charge in [0.25, 0.3) is 0 Å². The summed E-state index contributed by atoms with van der Waals surface area (Å²) < 4.78 is 30.0. The van der Waals surface area contributed by atoms with Gasteiger partial charge in [0.1, 0.15) is 0 Å². The van der Waals surface area contributed by atoms with Crippen molar-refractivity contribution in [3.05, 3.63) is 47.5 Å². The standard InChI is InChI=1S/C14H15F2NO3/c1-20-14(19)3-2-8-17-13(18)7-5-10-4-6-11(15)12(16)9-10/h2-4,6,9H,5,7-8H2,1H3,(H,17,18)/b3-2+. The number of benzene rings is 1. The molecule has 0 bridgehead atoms. The van der Waals surface area contributed by atoms with Gasteiger partial charge in [-0.15, -0.1) is 0 Å².